The molecule has 0 atom stereocenters. The number of carboxylic acid groups (broad SMARTS) is 1. The molecule has 0 bridgehead atoms. The maximum Gasteiger partial charge on any atom is 0.307 e. The summed E-state index contributed by atoms with van der Waals surface area (Å²) in [5, 5.41) is 8.37. The molecule has 64 valence electrons. The van der Waals surface area contributed by atoms with E-state index < -0.39 is 11.8 Å². The molecule has 0 unspecified atom stereocenters. The van der Waals surface area contributed by atoms with Crippen molar-refractivity contribution < 1.29 is 14.3 Å². The molecule has 4 heteroatoms. The molecule has 0 radical (unpaired) electrons. The van der Waals surface area contributed by atoms with Crippen molar-refractivity contribution >= 4 is 11.7 Å². The normalized spacial score (nSPS) is 9.75. The van der Waals surface area contributed by atoms with Gasteiger partial charge in [0, 0.05) is 5.56 Å². The third-order valence-corrected chi connectivity index (χ3v) is 1.45. The lowest BCUT2D eigenvalue weighted by molar-refractivity contribution is -0.136. The topological polar surface area (TPSA) is 63.3 Å². The first-order valence-electron chi connectivity index (χ1n) is 3.36. The van der Waals surface area contributed by atoms with Crippen molar-refractivity contribution in [3.63, 3.8) is 0 Å². The minimum atomic E-state index is -1.07. The summed E-state index contributed by atoms with van der Waals surface area (Å²) in [6.45, 7) is 0. The van der Waals surface area contributed by atoms with Gasteiger partial charge in [-0.1, -0.05) is 12.1 Å². The van der Waals surface area contributed by atoms with Crippen molar-refractivity contribution in [2.45, 2.75) is 6.42 Å². The van der Waals surface area contributed by atoms with Crippen LogP contribution < -0.4 is 5.73 Å². The van der Waals surface area contributed by atoms with E-state index in [4.69, 9.17) is 10.8 Å². The van der Waals surface area contributed by atoms with Crippen LogP contribution in [0.2, 0.25) is 0 Å². The molecule has 0 aliphatic rings. The summed E-state index contributed by atoms with van der Waals surface area (Å²) in [7, 11) is 0. The van der Waals surface area contributed by atoms with Crippen LogP contribution in [0.1, 0.15) is 5.56 Å². The summed E-state index contributed by atoms with van der Waals surface area (Å²) < 4.78 is 13.0. The number of halogens is 1. The minimum Gasteiger partial charge on any atom is -0.481 e. The maximum absolute atomic E-state index is 13.0. The van der Waals surface area contributed by atoms with Crippen molar-refractivity contribution in [3.8, 4) is 0 Å². The number of benzene rings is 1. The number of carbonyl (C=O) groups is 1. The molecule has 1 aromatic carbocycles. The maximum atomic E-state index is 13.0. The number of anilines is 1. The van der Waals surface area contributed by atoms with Crippen molar-refractivity contribution in [3.05, 3.63) is 29.6 Å². The second kappa shape index (κ2) is 3.21. The van der Waals surface area contributed by atoms with E-state index in [-0.39, 0.29) is 17.7 Å². The summed E-state index contributed by atoms with van der Waals surface area (Å²) in [4.78, 5) is 10.2. The Morgan fingerprint density at radius 2 is 2.25 bits per heavy atom. The van der Waals surface area contributed by atoms with Crippen LogP contribution in [0.25, 0.3) is 0 Å². The first kappa shape index (κ1) is 8.52. The zero-order valence-electron chi connectivity index (χ0n) is 6.25. The Labute approximate surface area is 68.6 Å². The smallest absolute Gasteiger partial charge is 0.307 e. The highest BCUT2D eigenvalue weighted by Gasteiger charge is 2.08. The fourth-order valence-corrected chi connectivity index (χ4v) is 0.899. The first-order valence-corrected chi connectivity index (χ1v) is 3.36. The van der Waals surface area contributed by atoms with Crippen molar-refractivity contribution in [1.29, 1.82) is 0 Å². The Morgan fingerprint density at radius 1 is 1.58 bits per heavy atom. The number of carboxylic acids is 1. The number of nitrogens with two attached hydrogens (primary N) is 1. The van der Waals surface area contributed by atoms with E-state index in [1.807, 2.05) is 0 Å². The monoisotopic (exact) mass is 169 g/mol. The first-order chi connectivity index (χ1) is 5.61. The SMILES string of the molecule is Nc1cccc(CC(=O)O)c1F. The van der Waals surface area contributed by atoms with Gasteiger partial charge >= 0.3 is 5.97 Å². The Kier molecular flexibility index (Phi) is 2.28. The highest BCUT2D eigenvalue weighted by Crippen LogP contribution is 2.14. The molecule has 3 nitrogen and oxygen atoms in total. The lowest BCUT2D eigenvalue weighted by atomic mass is 10.1. The number of hydrogen-bond acceptors (Lipinski definition) is 2. The predicted octanol–water partition coefficient (Wildman–Crippen LogP) is 1.04. The van der Waals surface area contributed by atoms with Gasteiger partial charge in [-0.15, -0.1) is 0 Å². The average molecular weight is 169 g/mol. The largest absolute Gasteiger partial charge is 0.481 e. The number of rotatable bonds is 2. The molecular formula is C8H8FNO2. The second-order valence-electron chi connectivity index (χ2n) is 2.39. The average Bonchev–Trinajstić information content (AvgIpc) is 1.98. The Bertz CT molecular complexity index is 312. The van der Waals surface area contributed by atoms with Crippen molar-refractivity contribution in [2.24, 2.45) is 0 Å². The van der Waals surface area contributed by atoms with Gasteiger partial charge in [0.05, 0.1) is 12.1 Å². The molecule has 0 aromatic heterocycles. The van der Waals surface area contributed by atoms with E-state index in [1.54, 1.807) is 0 Å². The fraction of sp³-hybridized carbons (Fsp3) is 0.125. The summed E-state index contributed by atoms with van der Waals surface area (Å²) in [5.41, 5.74) is 5.32. The van der Waals surface area contributed by atoms with Gasteiger partial charge in [0.15, 0.2) is 0 Å². The Morgan fingerprint density at radius 3 is 2.83 bits per heavy atom. The van der Waals surface area contributed by atoms with E-state index in [2.05, 4.69) is 0 Å². The summed E-state index contributed by atoms with van der Waals surface area (Å²) in [5.74, 6) is -1.71. The number of nitrogen functional groups attached to an aromatic ring is 1. The van der Waals surface area contributed by atoms with Crippen LogP contribution >= 0.6 is 0 Å². The van der Waals surface area contributed by atoms with Gasteiger partial charge in [-0.2, -0.15) is 0 Å². The molecule has 0 amide bonds. The summed E-state index contributed by atoms with van der Waals surface area (Å²) in [6, 6.07) is 4.32. The summed E-state index contributed by atoms with van der Waals surface area (Å²) >= 11 is 0. The highest BCUT2D eigenvalue weighted by atomic mass is 19.1. The Balaban J connectivity index is 3.00. The van der Waals surface area contributed by atoms with Gasteiger partial charge in [-0.3, -0.25) is 4.79 Å². The van der Waals surface area contributed by atoms with E-state index in [1.165, 1.54) is 18.2 Å². The fourth-order valence-electron chi connectivity index (χ4n) is 0.899. The molecule has 0 spiro atoms. The standard InChI is InChI=1S/C8H8FNO2/c9-8-5(4-7(11)12)2-1-3-6(8)10/h1-3H,4,10H2,(H,11,12). The molecule has 0 saturated carbocycles. The molecule has 12 heavy (non-hydrogen) atoms. The molecule has 0 aliphatic carbocycles. The van der Waals surface area contributed by atoms with Gasteiger partial charge in [0.1, 0.15) is 5.82 Å². The van der Waals surface area contributed by atoms with Gasteiger partial charge in [0.2, 0.25) is 0 Å². The third kappa shape index (κ3) is 1.72. The molecule has 0 fully saturated rings. The molecule has 1 rings (SSSR count). The number of hydrogen-bond donors (Lipinski definition) is 2. The van der Waals surface area contributed by atoms with Crippen molar-refractivity contribution in [1.82, 2.24) is 0 Å². The van der Waals surface area contributed by atoms with Gasteiger partial charge in [-0.25, -0.2) is 4.39 Å². The molecule has 3 N–H and O–H groups in total. The molecule has 0 heterocycles. The number of aliphatic carboxylic acids is 1. The van der Waals surface area contributed by atoms with E-state index in [9.17, 15) is 9.18 Å². The molecule has 1 aromatic rings. The lowest BCUT2D eigenvalue weighted by Crippen LogP contribution is -2.04. The van der Waals surface area contributed by atoms with Crippen LogP contribution in [0.5, 0.6) is 0 Å². The molecular weight excluding hydrogens is 161 g/mol. The van der Waals surface area contributed by atoms with Crippen LogP contribution in [-0.4, -0.2) is 11.1 Å². The quantitative estimate of drug-likeness (QED) is 0.650. The van der Waals surface area contributed by atoms with Crippen LogP contribution in [0, 0.1) is 5.82 Å². The Hall–Kier alpha value is -1.58. The van der Waals surface area contributed by atoms with Gasteiger partial charge in [-0.05, 0) is 6.07 Å². The second-order valence-corrected chi connectivity index (χ2v) is 2.39. The van der Waals surface area contributed by atoms with E-state index >= 15 is 0 Å². The van der Waals surface area contributed by atoms with E-state index in [0.717, 1.165) is 0 Å². The van der Waals surface area contributed by atoms with Crippen LogP contribution in [0.4, 0.5) is 10.1 Å². The van der Waals surface area contributed by atoms with Gasteiger partial charge < -0.3 is 10.8 Å². The zero-order chi connectivity index (χ0) is 9.14. The minimum absolute atomic E-state index is 0.0197. The summed E-state index contributed by atoms with van der Waals surface area (Å²) in [6.07, 6.45) is -0.336. The van der Waals surface area contributed by atoms with Crippen LogP contribution in [-0.2, 0) is 11.2 Å². The molecule has 0 saturated heterocycles. The highest BCUT2D eigenvalue weighted by molar-refractivity contribution is 5.70. The lowest BCUT2D eigenvalue weighted by Gasteiger charge is -2.01. The van der Waals surface area contributed by atoms with Crippen LogP contribution in [0.3, 0.4) is 0 Å². The molecule has 0 aliphatic heterocycles. The van der Waals surface area contributed by atoms with E-state index in [0.29, 0.717) is 0 Å². The van der Waals surface area contributed by atoms with Crippen molar-refractivity contribution in [2.75, 3.05) is 5.73 Å². The zero-order valence-corrected chi connectivity index (χ0v) is 6.25. The van der Waals surface area contributed by atoms with Gasteiger partial charge in [0.25, 0.3) is 0 Å². The third-order valence-electron chi connectivity index (χ3n) is 1.45. The predicted molar refractivity (Wildman–Crippen MR) is 42.2 cm³/mol. The van der Waals surface area contributed by atoms with Crippen LogP contribution in [0.15, 0.2) is 18.2 Å².